The number of amides is 1. The summed E-state index contributed by atoms with van der Waals surface area (Å²) in [5, 5.41) is 3.38. The summed E-state index contributed by atoms with van der Waals surface area (Å²) in [6.07, 6.45) is 12.2. The fourth-order valence-corrected chi connectivity index (χ4v) is 3.11. The van der Waals surface area contributed by atoms with E-state index in [0.717, 1.165) is 39.0 Å². The molecule has 1 heterocycles. The molecule has 0 aromatic rings. The van der Waals surface area contributed by atoms with Crippen molar-refractivity contribution in [1.82, 2.24) is 10.2 Å². The SMILES string of the molecule is CCCCCCN(CCCCCC)C(=O)C1CCCNC1. The van der Waals surface area contributed by atoms with Gasteiger partial charge in [-0.25, -0.2) is 0 Å². The number of hydrogen-bond donors (Lipinski definition) is 1. The Hall–Kier alpha value is -0.570. The molecule has 0 spiro atoms. The maximum Gasteiger partial charge on any atom is 0.226 e. The molecular weight excluding hydrogens is 260 g/mol. The molecule has 1 aliphatic heterocycles. The van der Waals surface area contributed by atoms with E-state index in [4.69, 9.17) is 0 Å². The minimum absolute atomic E-state index is 0.233. The third-order valence-electron chi connectivity index (χ3n) is 4.52. The van der Waals surface area contributed by atoms with Crippen LogP contribution in [0.4, 0.5) is 0 Å². The highest BCUT2D eigenvalue weighted by Gasteiger charge is 2.25. The fourth-order valence-electron chi connectivity index (χ4n) is 3.11. The summed E-state index contributed by atoms with van der Waals surface area (Å²) < 4.78 is 0. The molecule has 3 heteroatoms. The molecule has 0 aromatic heterocycles. The van der Waals surface area contributed by atoms with Crippen LogP contribution < -0.4 is 5.32 Å². The fraction of sp³-hybridized carbons (Fsp3) is 0.944. The van der Waals surface area contributed by atoms with Crippen LogP contribution in [0.1, 0.15) is 78.1 Å². The monoisotopic (exact) mass is 296 g/mol. The van der Waals surface area contributed by atoms with Gasteiger partial charge in [0.15, 0.2) is 0 Å². The smallest absolute Gasteiger partial charge is 0.226 e. The predicted molar refractivity (Wildman–Crippen MR) is 90.5 cm³/mol. The van der Waals surface area contributed by atoms with E-state index in [0.29, 0.717) is 5.91 Å². The number of rotatable bonds is 11. The van der Waals surface area contributed by atoms with E-state index in [1.54, 1.807) is 0 Å². The van der Waals surface area contributed by atoms with Crippen LogP contribution in [-0.4, -0.2) is 37.0 Å². The molecule has 1 fully saturated rings. The Kier molecular flexibility index (Phi) is 10.6. The zero-order valence-corrected chi connectivity index (χ0v) is 14.3. The molecule has 1 saturated heterocycles. The Morgan fingerprint density at radius 3 is 2.10 bits per heavy atom. The van der Waals surface area contributed by atoms with E-state index in [9.17, 15) is 4.79 Å². The van der Waals surface area contributed by atoms with E-state index < -0.39 is 0 Å². The Labute approximate surface area is 131 Å². The lowest BCUT2D eigenvalue weighted by Crippen LogP contribution is -2.43. The molecule has 1 atom stereocenters. The number of unbranched alkanes of at least 4 members (excludes halogenated alkanes) is 6. The Morgan fingerprint density at radius 2 is 1.62 bits per heavy atom. The van der Waals surface area contributed by atoms with Gasteiger partial charge < -0.3 is 10.2 Å². The van der Waals surface area contributed by atoms with Crippen molar-refractivity contribution in [1.29, 1.82) is 0 Å². The van der Waals surface area contributed by atoms with E-state index in [1.807, 2.05) is 0 Å². The van der Waals surface area contributed by atoms with Gasteiger partial charge in [0.1, 0.15) is 0 Å². The van der Waals surface area contributed by atoms with E-state index in [2.05, 4.69) is 24.1 Å². The molecular formula is C18H36N2O. The summed E-state index contributed by atoms with van der Waals surface area (Å²) in [6.45, 7) is 8.39. The van der Waals surface area contributed by atoms with Gasteiger partial charge in [0.25, 0.3) is 0 Å². The first-order valence-corrected chi connectivity index (χ1v) is 9.29. The molecule has 0 aromatic carbocycles. The maximum absolute atomic E-state index is 12.7. The highest BCUT2D eigenvalue weighted by atomic mass is 16.2. The van der Waals surface area contributed by atoms with Crippen LogP contribution >= 0.6 is 0 Å². The van der Waals surface area contributed by atoms with Crippen LogP contribution in [0, 0.1) is 5.92 Å². The van der Waals surface area contributed by atoms with Crippen molar-refractivity contribution < 1.29 is 4.79 Å². The highest BCUT2D eigenvalue weighted by Crippen LogP contribution is 2.15. The van der Waals surface area contributed by atoms with Gasteiger partial charge in [-0.1, -0.05) is 52.4 Å². The molecule has 124 valence electrons. The molecule has 1 unspecified atom stereocenters. The average Bonchev–Trinajstić information content (AvgIpc) is 2.53. The average molecular weight is 296 g/mol. The third-order valence-corrected chi connectivity index (χ3v) is 4.52. The van der Waals surface area contributed by atoms with Crippen molar-refractivity contribution in [3.8, 4) is 0 Å². The van der Waals surface area contributed by atoms with E-state index >= 15 is 0 Å². The molecule has 1 N–H and O–H groups in total. The van der Waals surface area contributed by atoms with Crippen molar-refractivity contribution in [2.24, 2.45) is 5.92 Å². The van der Waals surface area contributed by atoms with E-state index in [1.165, 1.54) is 51.4 Å². The van der Waals surface area contributed by atoms with Gasteiger partial charge in [0.05, 0.1) is 5.92 Å². The van der Waals surface area contributed by atoms with Crippen LogP contribution in [0.2, 0.25) is 0 Å². The van der Waals surface area contributed by atoms with Gasteiger partial charge in [0.2, 0.25) is 5.91 Å². The van der Waals surface area contributed by atoms with Crippen molar-refractivity contribution in [3.05, 3.63) is 0 Å². The molecule has 0 bridgehead atoms. The van der Waals surface area contributed by atoms with Crippen LogP contribution in [-0.2, 0) is 4.79 Å². The van der Waals surface area contributed by atoms with E-state index in [-0.39, 0.29) is 5.92 Å². The first kappa shape index (κ1) is 18.5. The van der Waals surface area contributed by atoms with Gasteiger partial charge >= 0.3 is 0 Å². The number of carbonyl (C=O) groups excluding carboxylic acids is 1. The van der Waals surface area contributed by atoms with Gasteiger partial charge in [-0.15, -0.1) is 0 Å². The summed E-state index contributed by atoms with van der Waals surface area (Å²) in [4.78, 5) is 14.9. The lowest BCUT2D eigenvalue weighted by atomic mass is 9.97. The highest BCUT2D eigenvalue weighted by molar-refractivity contribution is 5.79. The quantitative estimate of drug-likeness (QED) is 0.585. The Morgan fingerprint density at radius 1 is 1.00 bits per heavy atom. The Balaban J connectivity index is 2.38. The van der Waals surface area contributed by atoms with Gasteiger partial charge in [-0.3, -0.25) is 4.79 Å². The standard InChI is InChI=1S/C18H36N2O/c1-3-5-7-9-14-20(15-10-8-6-4-2)18(21)17-12-11-13-19-16-17/h17,19H,3-16H2,1-2H3. The molecule has 0 radical (unpaired) electrons. The lowest BCUT2D eigenvalue weighted by Gasteiger charge is -2.30. The largest absolute Gasteiger partial charge is 0.342 e. The summed E-state index contributed by atoms with van der Waals surface area (Å²) in [7, 11) is 0. The predicted octanol–water partition coefficient (Wildman–Crippen LogP) is 3.98. The third kappa shape index (κ3) is 7.85. The molecule has 0 aliphatic carbocycles. The lowest BCUT2D eigenvalue weighted by molar-refractivity contribution is -0.136. The zero-order valence-electron chi connectivity index (χ0n) is 14.3. The second-order valence-corrected chi connectivity index (χ2v) is 6.49. The normalized spacial score (nSPS) is 18.7. The number of piperidine rings is 1. The molecule has 0 saturated carbocycles. The van der Waals surface area contributed by atoms with Crippen molar-refractivity contribution in [2.45, 2.75) is 78.1 Å². The number of hydrogen-bond acceptors (Lipinski definition) is 2. The first-order chi connectivity index (χ1) is 10.3. The molecule has 1 aliphatic rings. The summed E-state index contributed by atoms with van der Waals surface area (Å²) >= 11 is 0. The molecule has 1 rings (SSSR count). The van der Waals surface area contributed by atoms with Crippen molar-refractivity contribution in [3.63, 3.8) is 0 Å². The number of nitrogens with zero attached hydrogens (tertiary/aromatic N) is 1. The first-order valence-electron chi connectivity index (χ1n) is 9.29. The van der Waals surface area contributed by atoms with Gasteiger partial charge in [0, 0.05) is 19.6 Å². The molecule has 1 amide bonds. The maximum atomic E-state index is 12.7. The van der Waals surface area contributed by atoms with Crippen LogP contribution in [0.5, 0.6) is 0 Å². The Bertz CT molecular complexity index is 250. The topological polar surface area (TPSA) is 32.3 Å². The number of nitrogens with one attached hydrogen (secondary N) is 1. The van der Waals surface area contributed by atoms with Crippen LogP contribution in [0.25, 0.3) is 0 Å². The minimum Gasteiger partial charge on any atom is -0.342 e. The second kappa shape index (κ2) is 12.0. The second-order valence-electron chi connectivity index (χ2n) is 6.49. The minimum atomic E-state index is 0.233. The van der Waals surface area contributed by atoms with Crippen molar-refractivity contribution >= 4 is 5.91 Å². The number of carbonyl (C=O) groups is 1. The summed E-state index contributed by atoms with van der Waals surface area (Å²) in [5.41, 5.74) is 0. The summed E-state index contributed by atoms with van der Waals surface area (Å²) in [6, 6.07) is 0. The zero-order chi connectivity index (χ0) is 15.3. The van der Waals surface area contributed by atoms with Crippen LogP contribution in [0.15, 0.2) is 0 Å². The summed E-state index contributed by atoms with van der Waals surface area (Å²) in [5.74, 6) is 0.645. The molecule has 3 nitrogen and oxygen atoms in total. The van der Waals surface area contributed by atoms with Crippen LogP contribution in [0.3, 0.4) is 0 Å². The van der Waals surface area contributed by atoms with Crippen molar-refractivity contribution in [2.75, 3.05) is 26.2 Å². The van der Waals surface area contributed by atoms with Gasteiger partial charge in [-0.05, 0) is 32.2 Å². The van der Waals surface area contributed by atoms with Gasteiger partial charge in [-0.2, -0.15) is 0 Å². The molecule has 21 heavy (non-hydrogen) atoms.